The fourth-order valence-electron chi connectivity index (χ4n) is 1.90. The average molecular weight is 234 g/mol. The Morgan fingerprint density at radius 1 is 1.64 bits per heavy atom. The maximum atomic E-state index is 14.6. The Bertz CT molecular complexity index is 328. The quantitative estimate of drug-likeness (QED) is 0.786. The molecule has 0 spiro atoms. The molecule has 1 saturated heterocycles. The molecule has 0 saturated carbocycles. The fraction of sp³-hybridized carbons (Fsp3) is 0.600. The molecule has 1 aliphatic heterocycles. The van der Waals surface area contributed by atoms with Crippen LogP contribution in [0.15, 0.2) is 12.1 Å². The smallest absolute Gasteiger partial charge is 0.150 e. The van der Waals surface area contributed by atoms with Gasteiger partial charge in [-0.05, 0) is 25.1 Å². The van der Waals surface area contributed by atoms with Crippen LogP contribution in [0.3, 0.4) is 0 Å². The molecular weight excluding hydrogens is 221 g/mol. The summed E-state index contributed by atoms with van der Waals surface area (Å²) in [6.07, 6.45) is 0.547. The number of thiophene rings is 1. The highest BCUT2D eigenvalue weighted by molar-refractivity contribution is 7.16. The Balaban J connectivity index is 2.29. The van der Waals surface area contributed by atoms with Crippen molar-refractivity contribution in [2.24, 2.45) is 5.92 Å². The van der Waals surface area contributed by atoms with Gasteiger partial charge in [0.25, 0.3) is 0 Å². The molecule has 1 aromatic heterocycles. The number of halogens is 2. The van der Waals surface area contributed by atoms with E-state index >= 15 is 0 Å². The molecule has 1 aromatic rings. The number of hydrogen-bond donors (Lipinski definition) is 1. The Labute approximate surface area is 92.3 Å². The molecule has 14 heavy (non-hydrogen) atoms. The van der Waals surface area contributed by atoms with E-state index in [1.54, 1.807) is 6.07 Å². The molecule has 0 radical (unpaired) electrons. The minimum absolute atomic E-state index is 0.0194. The predicted octanol–water partition coefficient (Wildman–Crippen LogP) is 3.20. The number of piperidine rings is 1. The third-order valence-electron chi connectivity index (χ3n) is 2.88. The summed E-state index contributed by atoms with van der Waals surface area (Å²) in [5.74, 6) is 0.0194. The molecule has 1 fully saturated rings. The average Bonchev–Trinajstić information content (AvgIpc) is 2.58. The maximum Gasteiger partial charge on any atom is 0.150 e. The third kappa shape index (κ3) is 1.69. The van der Waals surface area contributed by atoms with Crippen molar-refractivity contribution in [2.75, 3.05) is 13.1 Å². The van der Waals surface area contributed by atoms with Crippen LogP contribution in [0.2, 0.25) is 4.34 Å². The van der Waals surface area contributed by atoms with Gasteiger partial charge < -0.3 is 5.32 Å². The van der Waals surface area contributed by atoms with Crippen LogP contribution in [0.1, 0.15) is 18.2 Å². The molecule has 0 amide bonds. The van der Waals surface area contributed by atoms with E-state index in [1.165, 1.54) is 11.3 Å². The van der Waals surface area contributed by atoms with Crippen molar-refractivity contribution in [3.63, 3.8) is 0 Å². The van der Waals surface area contributed by atoms with Gasteiger partial charge >= 0.3 is 0 Å². The van der Waals surface area contributed by atoms with Gasteiger partial charge in [0.15, 0.2) is 0 Å². The van der Waals surface area contributed by atoms with Crippen LogP contribution < -0.4 is 5.32 Å². The zero-order chi connectivity index (χ0) is 10.2. The SMILES string of the molecule is CC1CNCCC1(F)c1ccc(Cl)s1. The molecule has 78 valence electrons. The topological polar surface area (TPSA) is 12.0 Å². The van der Waals surface area contributed by atoms with E-state index in [9.17, 15) is 4.39 Å². The monoisotopic (exact) mass is 233 g/mol. The van der Waals surface area contributed by atoms with E-state index in [2.05, 4.69) is 5.32 Å². The molecule has 4 heteroatoms. The minimum Gasteiger partial charge on any atom is -0.316 e. The van der Waals surface area contributed by atoms with Crippen molar-refractivity contribution >= 4 is 22.9 Å². The predicted molar refractivity (Wildman–Crippen MR) is 58.8 cm³/mol. The highest BCUT2D eigenvalue weighted by atomic mass is 35.5. The van der Waals surface area contributed by atoms with Crippen LogP contribution in [0.25, 0.3) is 0 Å². The lowest BCUT2D eigenvalue weighted by atomic mass is 9.83. The van der Waals surface area contributed by atoms with Gasteiger partial charge in [-0.1, -0.05) is 18.5 Å². The zero-order valence-corrected chi connectivity index (χ0v) is 9.59. The van der Waals surface area contributed by atoms with Gasteiger partial charge in [0.05, 0.1) is 4.34 Å². The normalized spacial score (nSPS) is 33.2. The third-order valence-corrected chi connectivity index (χ3v) is 4.26. The van der Waals surface area contributed by atoms with Crippen LogP contribution in [0, 0.1) is 5.92 Å². The molecule has 1 N–H and O–H groups in total. The molecular formula is C10H13ClFNS. The summed E-state index contributed by atoms with van der Waals surface area (Å²) in [6.45, 7) is 3.43. The van der Waals surface area contributed by atoms with Crippen LogP contribution in [-0.4, -0.2) is 13.1 Å². The second kappa shape index (κ2) is 3.80. The first kappa shape index (κ1) is 10.4. The number of nitrogens with one attached hydrogen (secondary N) is 1. The zero-order valence-electron chi connectivity index (χ0n) is 8.02. The van der Waals surface area contributed by atoms with Gasteiger partial charge in [-0.3, -0.25) is 0 Å². The van der Waals surface area contributed by atoms with E-state index in [0.717, 1.165) is 18.0 Å². The summed E-state index contributed by atoms with van der Waals surface area (Å²) >= 11 is 7.19. The molecule has 2 rings (SSSR count). The first-order valence-corrected chi connectivity index (χ1v) is 5.98. The van der Waals surface area contributed by atoms with Gasteiger partial charge in [-0.15, -0.1) is 11.3 Å². The van der Waals surface area contributed by atoms with Crippen molar-refractivity contribution in [2.45, 2.75) is 19.0 Å². The van der Waals surface area contributed by atoms with E-state index in [-0.39, 0.29) is 5.92 Å². The summed E-state index contributed by atoms with van der Waals surface area (Å²) in [7, 11) is 0. The fourth-order valence-corrected chi connectivity index (χ4v) is 3.17. The van der Waals surface area contributed by atoms with Crippen molar-refractivity contribution < 1.29 is 4.39 Å². The van der Waals surface area contributed by atoms with Crippen LogP contribution >= 0.6 is 22.9 Å². The number of rotatable bonds is 1. The Kier molecular flexibility index (Phi) is 2.82. The van der Waals surface area contributed by atoms with Crippen molar-refractivity contribution in [1.29, 1.82) is 0 Å². The van der Waals surface area contributed by atoms with Gasteiger partial charge in [0, 0.05) is 17.3 Å². The summed E-state index contributed by atoms with van der Waals surface area (Å²) < 4.78 is 15.3. The standard InChI is InChI=1S/C10H13ClFNS/c1-7-6-13-5-4-10(7,12)8-2-3-9(11)14-8/h2-3,7,13H,4-6H2,1H3. The second-order valence-corrected chi connectivity index (χ2v) is 5.54. The summed E-state index contributed by atoms with van der Waals surface area (Å²) in [4.78, 5) is 0.775. The van der Waals surface area contributed by atoms with Crippen molar-refractivity contribution in [3.8, 4) is 0 Å². The number of hydrogen-bond acceptors (Lipinski definition) is 2. The highest BCUT2D eigenvalue weighted by Crippen LogP contribution is 2.43. The maximum absolute atomic E-state index is 14.6. The van der Waals surface area contributed by atoms with E-state index in [4.69, 9.17) is 11.6 Å². The van der Waals surface area contributed by atoms with E-state index in [1.807, 2.05) is 13.0 Å². The molecule has 1 aliphatic rings. The lowest BCUT2D eigenvalue weighted by Gasteiger charge is -2.35. The van der Waals surface area contributed by atoms with Crippen LogP contribution in [-0.2, 0) is 5.67 Å². The van der Waals surface area contributed by atoms with Crippen molar-refractivity contribution in [3.05, 3.63) is 21.3 Å². The largest absolute Gasteiger partial charge is 0.316 e. The Hall–Kier alpha value is -0.120. The lowest BCUT2D eigenvalue weighted by Crippen LogP contribution is -2.43. The van der Waals surface area contributed by atoms with Crippen molar-refractivity contribution in [1.82, 2.24) is 5.32 Å². The van der Waals surface area contributed by atoms with Gasteiger partial charge in [-0.2, -0.15) is 0 Å². The molecule has 1 nitrogen and oxygen atoms in total. The summed E-state index contributed by atoms with van der Waals surface area (Å²) in [6, 6.07) is 3.59. The van der Waals surface area contributed by atoms with Gasteiger partial charge in [0.2, 0.25) is 0 Å². The Morgan fingerprint density at radius 3 is 3.00 bits per heavy atom. The van der Waals surface area contributed by atoms with E-state index < -0.39 is 5.67 Å². The highest BCUT2D eigenvalue weighted by Gasteiger charge is 2.41. The molecule has 0 aromatic carbocycles. The van der Waals surface area contributed by atoms with E-state index in [0.29, 0.717) is 10.8 Å². The van der Waals surface area contributed by atoms with Crippen LogP contribution in [0.4, 0.5) is 4.39 Å². The first-order valence-electron chi connectivity index (χ1n) is 4.78. The molecule has 0 bridgehead atoms. The molecule has 2 atom stereocenters. The molecule has 0 aliphatic carbocycles. The number of alkyl halides is 1. The summed E-state index contributed by atoms with van der Waals surface area (Å²) in [5.41, 5.74) is -1.18. The Morgan fingerprint density at radius 2 is 2.43 bits per heavy atom. The van der Waals surface area contributed by atoms with Gasteiger partial charge in [0.1, 0.15) is 5.67 Å². The lowest BCUT2D eigenvalue weighted by molar-refractivity contribution is 0.0589. The minimum atomic E-state index is -1.18. The first-order chi connectivity index (χ1) is 6.63. The summed E-state index contributed by atoms with van der Waals surface area (Å²) in [5, 5.41) is 3.20. The molecule has 2 heterocycles. The second-order valence-electron chi connectivity index (χ2n) is 3.82. The van der Waals surface area contributed by atoms with Gasteiger partial charge in [-0.25, -0.2) is 4.39 Å². The van der Waals surface area contributed by atoms with Crippen LogP contribution in [0.5, 0.6) is 0 Å². The molecule has 2 unspecified atom stereocenters.